The molecule has 0 radical (unpaired) electrons. The van der Waals surface area contributed by atoms with Crippen LogP contribution >= 0.6 is 0 Å². The van der Waals surface area contributed by atoms with Crippen LogP contribution < -0.4 is 5.32 Å². The van der Waals surface area contributed by atoms with Gasteiger partial charge in [-0.25, -0.2) is 4.79 Å². The Morgan fingerprint density at radius 3 is 2.84 bits per heavy atom. The van der Waals surface area contributed by atoms with Gasteiger partial charge in [0.2, 0.25) is 0 Å². The minimum atomic E-state index is -1.15. The maximum atomic E-state index is 11.8. The van der Waals surface area contributed by atoms with Crippen molar-refractivity contribution in [3.63, 3.8) is 0 Å². The van der Waals surface area contributed by atoms with Crippen LogP contribution in [0.5, 0.6) is 0 Å². The number of rotatable bonds is 4. The first-order valence-electron chi connectivity index (χ1n) is 5.70. The maximum Gasteiger partial charge on any atom is 0.353 e. The molecule has 19 heavy (non-hydrogen) atoms. The van der Waals surface area contributed by atoms with E-state index in [1.165, 1.54) is 6.07 Å². The van der Waals surface area contributed by atoms with Crippen molar-refractivity contribution in [2.45, 2.75) is 18.8 Å². The molecule has 0 atom stereocenters. The van der Waals surface area contributed by atoms with Gasteiger partial charge < -0.3 is 14.9 Å². The van der Waals surface area contributed by atoms with Gasteiger partial charge >= 0.3 is 5.97 Å². The number of amides is 1. The fourth-order valence-electron chi connectivity index (χ4n) is 1.63. The number of H-pyrrole nitrogens is 1. The molecule has 0 unspecified atom stereocenters. The Morgan fingerprint density at radius 2 is 2.21 bits per heavy atom. The lowest BCUT2D eigenvalue weighted by Gasteiger charge is -1.95. The highest BCUT2D eigenvalue weighted by Crippen LogP contribution is 2.40. The molecule has 1 amide bonds. The molecule has 1 saturated carbocycles. The predicted octanol–water partition coefficient (Wildman–Crippen LogP) is 1.23. The molecule has 0 aliphatic heterocycles. The Bertz CT molecular complexity index is 641. The zero-order valence-corrected chi connectivity index (χ0v) is 9.71. The molecule has 0 bridgehead atoms. The number of hydrogen-bond donors (Lipinski definition) is 3. The van der Waals surface area contributed by atoms with Crippen LogP contribution in [-0.2, 0) is 0 Å². The third-order valence-electron chi connectivity index (χ3n) is 2.79. The summed E-state index contributed by atoms with van der Waals surface area (Å²) in [6.07, 6.45) is 2.11. The molecule has 2 heterocycles. The van der Waals surface area contributed by atoms with E-state index >= 15 is 0 Å². The van der Waals surface area contributed by atoms with Crippen LogP contribution in [0.25, 0.3) is 0 Å². The number of nitrogens with one attached hydrogen (secondary N) is 2. The zero-order chi connectivity index (χ0) is 13.4. The molecule has 1 aliphatic carbocycles. The first kappa shape index (κ1) is 11.5. The van der Waals surface area contributed by atoms with E-state index in [9.17, 15) is 9.59 Å². The number of anilines is 1. The monoisotopic (exact) mass is 262 g/mol. The second-order valence-electron chi connectivity index (χ2n) is 4.31. The molecule has 2 aromatic rings. The van der Waals surface area contributed by atoms with E-state index in [0.717, 1.165) is 12.8 Å². The van der Waals surface area contributed by atoms with Crippen molar-refractivity contribution in [1.29, 1.82) is 0 Å². The van der Waals surface area contributed by atoms with Gasteiger partial charge in [0.1, 0.15) is 11.5 Å². The lowest BCUT2D eigenvalue weighted by Crippen LogP contribution is -2.12. The summed E-state index contributed by atoms with van der Waals surface area (Å²) in [6, 6.07) is 2.82. The smallest absolute Gasteiger partial charge is 0.353 e. The second-order valence-corrected chi connectivity index (χ2v) is 4.31. The van der Waals surface area contributed by atoms with Crippen molar-refractivity contribution in [3.8, 4) is 0 Å². The van der Waals surface area contributed by atoms with E-state index in [1.54, 1.807) is 6.07 Å². The molecular weight excluding hydrogens is 252 g/mol. The number of aromatic carboxylic acids is 1. The zero-order valence-electron chi connectivity index (χ0n) is 9.71. The number of hydrogen-bond acceptors (Lipinski definition) is 5. The SMILES string of the molecule is O=C(Nc1cc(C(=O)O)[nH]n1)c1cc(C2CC2)on1. The van der Waals surface area contributed by atoms with Gasteiger partial charge in [0, 0.05) is 18.1 Å². The predicted molar refractivity (Wildman–Crippen MR) is 62.0 cm³/mol. The van der Waals surface area contributed by atoms with Crippen LogP contribution in [-0.4, -0.2) is 32.3 Å². The minimum absolute atomic E-state index is 0.103. The van der Waals surface area contributed by atoms with Gasteiger partial charge in [-0.1, -0.05) is 5.16 Å². The molecule has 3 N–H and O–H groups in total. The average Bonchev–Trinajstić information content (AvgIpc) is 2.92. The van der Waals surface area contributed by atoms with Crippen molar-refractivity contribution >= 4 is 17.7 Å². The number of nitrogens with zero attached hydrogens (tertiary/aromatic N) is 2. The Balaban J connectivity index is 1.70. The molecule has 0 aromatic carbocycles. The van der Waals surface area contributed by atoms with Gasteiger partial charge in [0.05, 0.1) is 0 Å². The van der Waals surface area contributed by atoms with Crippen LogP contribution in [0.4, 0.5) is 5.82 Å². The fraction of sp³-hybridized carbons (Fsp3) is 0.273. The molecule has 98 valence electrons. The molecule has 1 aliphatic rings. The quantitative estimate of drug-likeness (QED) is 0.761. The summed E-state index contributed by atoms with van der Waals surface area (Å²) in [5.41, 5.74) is 0.0518. The number of carboxylic acid groups (broad SMARTS) is 1. The van der Waals surface area contributed by atoms with Crippen molar-refractivity contribution in [1.82, 2.24) is 15.4 Å². The van der Waals surface area contributed by atoms with E-state index < -0.39 is 11.9 Å². The molecule has 8 nitrogen and oxygen atoms in total. The third-order valence-corrected chi connectivity index (χ3v) is 2.79. The Labute approximate surface area is 106 Å². The van der Waals surface area contributed by atoms with Crippen LogP contribution in [0.2, 0.25) is 0 Å². The van der Waals surface area contributed by atoms with Crippen molar-refractivity contribution in [2.24, 2.45) is 0 Å². The molecule has 8 heteroatoms. The summed E-state index contributed by atoms with van der Waals surface area (Å²) in [5.74, 6) is -0.431. The maximum absolute atomic E-state index is 11.8. The van der Waals surface area contributed by atoms with E-state index in [1.807, 2.05) is 0 Å². The topological polar surface area (TPSA) is 121 Å². The number of aromatic nitrogens is 3. The summed E-state index contributed by atoms with van der Waals surface area (Å²) < 4.78 is 5.06. The standard InChI is InChI=1S/C11H10N4O4/c16-10(6-3-8(19-15-6)5-1-2-5)12-9-4-7(11(17)18)13-14-9/h3-5H,1-2H2,(H,17,18)(H2,12,13,14,16). The van der Waals surface area contributed by atoms with Crippen molar-refractivity contribution in [2.75, 3.05) is 5.32 Å². The minimum Gasteiger partial charge on any atom is -0.477 e. The number of carbonyl (C=O) groups is 2. The molecule has 3 rings (SSSR count). The first-order valence-corrected chi connectivity index (χ1v) is 5.70. The van der Waals surface area contributed by atoms with E-state index in [2.05, 4.69) is 20.7 Å². The van der Waals surface area contributed by atoms with Crippen LogP contribution in [0, 0.1) is 0 Å². The van der Waals surface area contributed by atoms with Gasteiger partial charge in [0.15, 0.2) is 11.5 Å². The number of carboxylic acids is 1. The highest BCUT2D eigenvalue weighted by molar-refractivity contribution is 6.02. The fourth-order valence-corrected chi connectivity index (χ4v) is 1.63. The van der Waals surface area contributed by atoms with E-state index in [0.29, 0.717) is 11.7 Å². The molecule has 2 aromatic heterocycles. The van der Waals surface area contributed by atoms with Gasteiger partial charge in [0.25, 0.3) is 5.91 Å². The van der Waals surface area contributed by atoms with E-state index in [-0.39, 0.29) is 17.2 Å². The summed E-state index contributed by atoms with van der Waals surface area (Å²) >= 11 is 0. The van der Waals surface area contributed by atoms with Crippen LogP contribution in [0.1, 0.15) is 45.5 Å². The van der Waals surface area contributed by atoms with Crippen molar-refractivity contribution in [3.05, 3.63) is 29.3 Å². The molecule has 1 fully saturated rings. The normalized spacial score (nSPS) is 14.3. The summed E-state index contributed by atoms with van der Waals surface area (Å²) in [5, 5.41) is 20.8. The molecular formula is C11H10N4O4. The molecule has 0 spiro atoms. The largest absolute Gasteiger partial charge is 0.477 e. The Hall–Kier alpha value is -2.64. The summed E-state index contributed by atoms with van der Waals surface area (Å²) in [6.45, 7) is 0. The Morgan fingerprint density at radius 1 is 1.42 bits per heavy atom. The van der Waals surface area contributed by atoms with Crippen molar-refractivity contribution < 1.29 is 19.2 Å². The van der Waals surface area contributed by atoms with Crippen LogP contribution in [0.15, 0.2) is 16.7 Å². The first-order chi connectivity index (χ1) is 9.13. The molecule has 0 saturated heterocycles. The highest BCUT2D eigenvalue weighted by atomic mass is 16.5. The Kier molecular flexibility index (Phi) is 2.55. The average molecular weight is 262 g/mol. The van der Waals surface area contributed by atoms with Gasteiger partial charge in [-0.05, 0) is 12.8 Å². The van der Waals surface area contributed by atoms with Gasteiger partial charge in [-0.3, -0.25) is 9.89 Å². The number of aromatic amines is 1. The van der Waals surface area contributed by atoms with Gasteiger partial charge in [-0.15, -0.1) is 0 Å². The highest BCUT2D eigenvalue weighted by Gasteiger charge is 2.29. The third kappa shape index (κ3) is 2.32. The second kappa shape index (κ2) is 4.23. The lowest BCUT2D eigenvalue weighted by atomic mass is 10.3. The lowest BCUT2D eigenvalue weighted by molar-refractivity contribution is 0.0690. The number of carbonyl (C=O) groups excluding carboxylic acids is 1. The van der Waals surface area contributed by atoms with E-state index in [4.69, 9.17) is 9.63 Å². The van der Waals surface area contributed by atoms with Gasteiger partial charge in [-0.2, -0.15) is 5.10 Å². The summed E-state index contributed by atoms with van der Waals surface area (Å²) in [7, 11) is 0. The van der Waals surface area contributed by atoms with Crippen LogP contribution in [0.3, 0.4) is 0 Å². The summed E-state index contributed by atoms with van der Waals surface area (Å²) in [4.78, 5) is 22.5.